The van der Waals surface area contributed by atoms with Crippen LogP contribution in [-0.2, 0) is 5.41 Å². The molecule has 0 aliphatic heterocycles. The molecule has 0 spiro atoms. The van der Waals surface area contributed by atoms with Crippen LogP contribution in [0.15, 0.2) is 255 Å². The topological polar surface area (TPSA) is 3.24 Å². The van der Waals surface area contributed by atoms with E-state index in [9.17, 15) is 0 Å². The van der Waals surface area contributed by atoms with Gasteiger partial charge in [0.05, 0.1) is 0 Å². The van der Waals surface area contributed by atoms with E-state index >= 15 is 0 Å². The summed E-state index contributed by atoms with van der Waals surface area (Å²) >= 11 is 0. The van der Waals surface area contributed by atoms with E-state index in [1.807, 2.05) is 0 Å². The second-order valence-corrected chi connectivity index (χ2v) is 17.4. The molecule has 306 valence electrons. The maximum absolute atomic E-state index is 2.40. The minimum atomic E-state index is -0.301. The standard InChI is InChI=1S/C64H45N/c1-64(51-36-28-45(29-37-51)44-14-3-2-4-15-44)61-26-10-9-22-60(61)63-59(25-13-27-62(63)64)50-34-42-54(43-35-50)65(52-38-30-48(31-39-52)57-23-11-18-46-16-5-7-20-55(46)57)53-40-32-49(33-41-53)58-24-12-19-47-17-6-8-21-56(47)58/h2-43H,1H3. The zero-order valence-electron chi connectivity index (χ0n) is 36.2. The molecule has 0 fully saturated rings. The fourth-order valence-corrected chi connectivity index (χ4v) is 10.5. The van der Waals surface area contributed by atoms with Crippen molar-refractivity contribution in [2.24, 2.45) is 0 Å². The van der Waals surface area contributed by atoms with Crippen LogP contribution in [0.25, 0.3) is 77.2 Å². The highest BCUT2D eigenvalue weighted by atomic mass is 15.1. The molecule has 1 aliphatic carbocycles. The normalized spacial score (nSPS) is 14.0. The summed E-state index contributed by atoms with van der Waals surface area (Å²) in [6.45, 7) is 2.40. The van der Waals surface area contributed by atoms with E-state index in [4.69, 9.17) is 0 Å². The van der Waals surface area contributed by atoms with Crippen LogP contribution in [0.2, 0.25) is 0 Å². The van der Waals surface area contributed by atoms with Crippen LogP contribution in [0.3, 0.4) is 0 Å². The van der Waals surface area contributed by atoms with E-state index in [0.29, 0.717) is 0 Å². The lowest BCUT2D eigenvalue weighted by Crippen LogP contribution is -2.22. The Balaban J connectivity index is 0.937. The van der Waals surface area contributed by atoms with Gasteiger partial charge in [-0.2, -0.15) is 0 Å². The molecule has 11 aromatic rings. The quantitative estimate of drug-likeness (QED) is 0.147. The molecule has 1 aliphatic rings. The van der Waals surface area contributed by atoms with Crippen LogP contribution < -0.4 is 4.90 Å². The van der Waals surface area contributed by atoms with Crippen molar-refractivity contribution >= 4 is 38.6 Å². The van der Waals surface area contributed by atoms with Gasteiger partial charge < -0.3 is 4.90 Å². The molecule has 1 heteroatoms. The summed E-state index contributed by atoms with van der Waals surface area (Å²) in [5.74, 6) is 0. The lowest BCUT2D eigenvalue weighted by Gasteiger charge is -2.29. The van der Waals surface area contributed by atoms with E-state index in [0.717, 1.165) is 17.1 Å². The van der Waals surface area contributed by atoms with Crippen molar-refractivity contribution in [1.82, 2.24) is 0 Å². The van der Waals surface area contributed by atoms with E-state index < -0.39 is 0 Å². The van der Waals surface area contributed by atoms with E-state index in [1.54, 1.807) is 0 Å². The summed E-state index contributed by atoms with van der Waals surface area (Å²) in [6.07, 6.45) is 0. The third kappa shape index (κ3) is 6.55. The Morgan fingerprint density at radius 3 is 1.23 bits per heavy atom. The third-order valence-corrected chi connectivity index (χ3v) is 13.8. The highest BCUT2D eigenvalue weighted by Gasteiger charge is 2.41. The van der Waals surface area contributed by atoms with Crippen molar-refractivity contribution in [3.63, 3.8) is 0 Å². The average molecular weight is 828 g/mol. The smallest absolute Gasteiger partial charge is 0.0462 e. The molecule has 1 nitrogen and oxygen atoms in total. The minimum absolute atomic E-state index is 0.301. The lowest BCUT2D eigenvalue weighted by molar-refractivity contribution is 0.714. The van der Waals surface area contributed by atoms with Gasteiger partial charge in [0.15, 0.2) is 0 Å². The summed E-state index contributed by atoms with van der Waals surface area (Å²) in [5.41, 5.74) is 19.4. The Bertz CT molecular complexity index is 3380. The van der Waals surface area contributed by atoms with Gasteiger partial charge in [-0.25, -0.2) is 0 Å². The summed E-state index contributed by atoms with van der Waals surface area (Å²) in [4.78, 5) is 2.38. The van der Waals surface area contributed by atoms with Crippen LogP contribution in [0.5, 0.6) is 0 Å². The lowest BCUT2D eigenvalue weighted by atomic mass is 9.74. The minimum Gasteiger partial charge on any atom is -0.311 e. The van der Waals surface area contributed by atoms with Crippen molar-refractivity contribution < 1.29 is 0 Å². The zero-order valence-corrected chi connectivity index (χ0v) is 36.2. The molecule has 0 radical (unpaired) electrons. The molecule has 0 saturated heterocycles. The number of hydrogen-bond acceptors (Lipinski definition) is 1. The average Bonchev–Trinajstić information content (AvgIpc) is 3.65. The number of anilines is 3. The summed E-state index contributed by atoms with van der Waals surface area (Å²) in [5, 5.41) is 5.01. The van der Waals surface area contributed by atoms with E-state index in [2.05, 4.69) is 267 Å². The fraction of sp³-hybridized carbons (Fsp3) is 0.0312. The summed E-state index contributed by atoms with van der Waals surface area (Å²) in [7, 11) is 0. The Hall–Kier alpha value is -8.26. The second kappa shape index (κ2) is 15.8. The third-order valence-electron chi connectivity index (χ3n) is 13.8. The van der Waals surface area contributed by atoms with Gasteiger partial charge in [-0.1, -0.05) is 218 Å². The molecule has 0 bridgehead atoms. The molecular weight excluding hydrogens is 783 g/mol. The SMILES string of the molecule is CC1(c2ccc(-c3ccccc3)cc2)c2ccccc2-c2c(-c3ccc(N(c4ccc(-c5cccc6ccccc56)cc4)c4ccc(-c5cccc6ccccc56)cc4)cc3)cccc21. The molecule has 65 heavy (non-hydrogen) atoms. The van der Waals surface area contributed by atoms with Gasteiger partial charge in [0, 0.05) is 22.5 Å². The van der Waals surface area contributed by atoms with Crippen LogP contribution in [0.1, 0.15) is 23.6 Å². The van der Waals surface area contributed by atoms with Crippen molar-refractivity contribution in [3.05, 3.63) is 271 Å². The van der Waals surface area contributed by atoms with Crippen LogP contribution >= 0.6 is 0 Å². The van der Waals surface area contributed by atoms with Crippen LogP contribution in [-0.4, -0.2) is 0 Å². The molecule has 0 saturated carbocycles. The van der Waals surface area contributed by atoms with Crippen LogP contribution in [0.4, 0.5) is 17.1 Å². The van der Waals surface area contributed by atoms with E-state index in [1.165, 1.54) is 93.9 Å². The van der Waals surface area contributed by atoms with Gasteiger partial charge in [0.2, 0.25) is 0 Å². The molecule has 1 unspecified atom stereocenters. The summed E-state index contributed by atoms with van der Waals surface area (Å²) in [6, 6.07) is 93.4. The molecule has 1 atom stereocenters. The second-order valence-electron chi connectivity index (χ2n) is 17.4. The molecule has 0 aromatic heterocycles. The predicted octanol–water partition coefficient (Wildman–Crippen LogP) is 17.5. The van der Waals surface area contributed by atoms with E-state index in [-0.39, 0.29) is 5.41 Å². The fourth-order valence-electron chi connectivity index (χ4n) is 10.5. The Labute approximate surface area is 381 Å². The molecule has 0 N–H and O–H groups in total. The predicted molar refractivity (Wildman–Crippen MR) is 275 cm³/mol. The molecular formula is C64H45N. The first-order chi connectivity index (χ1) is 32.1. The Morgan fingerprint density at radius 2 is 0.662 bits per heavy atom. The van der Waals surface area contributed by atoms with Gasteiger partial charge in [0.25, 0.3) is 0 Å². The number of fused-ring (bicyclic) bond motifs is 5. The number of hydrogen-bond donors (Lipinski definition) is 0. The van der Waals surface area contributed by atoms with Gasteiger partial charge in [-0.3, -0.25) is 0 Å². The molecule has 11 aromatic carbocycles. The molecule has 0 heterocycles. The van der Waals surface area contributed by atoms with Gasteiger partial charge >= 0.3 is 0 Å². The Kier molecular flexibility index (Phi) is 9.35. The van der Waals surface area contributed by atoms with Crippen molar-refractivity contribution in [2.75, 3.05) is 4.90 Å². The van der Waals surface area contributed by atoms with Crippen molar-refractivity contribution in [3.8, 4) is 55.6 Å². The number of rotatable bonds is 8. The van der Waals surface area contributed by atoms with Gasteiger partial charge in [0.1, 0.15) is 0 Å². The first-order valence-corrected chi connectivity index (χ1v) is 22.6. The maximum atomic E-state index is 2.40. The van der Waals surface area contributed by atoms with Crippen LogP contribution in [0, 0.1) is 0 Å². The summed E-state index contributed by atoms with van der Waals surface area (Å²) < 4.78 is 0. The van der Waals surface area contributed by atoms with Gasteiger partial charge in [-0.15, -0.1) is 0 Å². The van der Waals surface area contributed by atoms with Crippen molar-refractivity contribution in [1.29, 1.82) is 0 Å². The largest absolute Gasteiger partial charge is 0.311 e. The first kappa shape index (κ1) is 38.4. The highest BCUT2D eigenvalue weighted by molar-refractivity contribution is 5.99. The first-order valence-electron chi connectivity index (χ1n) is 22.6. The molecule has 0 amide bonds. The molecule has 12 rings (SSSR count). The van der Waals surface area contributed by atoms with Gasteiger partial charge in [-0.05, 0) is 137 Å². The Morgan fingerprint density at radius 1 is 0.277 bits per heavy atom. The highest BCUT2D eigenvalue weighted by Crippen LogP contribution is 2.55. The maximum Gasteiger partial charge on any atom is 0.0462 e. The number of benzene rings is 11. The number of nitrogens with zero attached hydrogens (tertiary/aromatic N) is 1. The monoisotopic (exact) mass is 827 g/mol. The van der Waals surface area contributed by atoms with Crippen molar-refractivity contribution in [2.45, 2.75) is 12.3 Å². The zero-order chi connectivity index (χ0) is 43.3.